The number of hydrogen-bond donors (Lipinski definition) is 2. The van der Waals surface area contributed by atoms with Crippen LogP contribution in [0.5, 0.6) is 0 Å². The summed E-state index contributed by atoms with van der Waals surface area (Å²) >= 11 is 3.14. The number of anilines is 1. The van der Waals surface area contributed by atoms with Gasteiger partial charge in [0.1, 0.15) is 5.82 Å². The Hall–Kier alpha value is -1.68. The Bertz CT molecular complexity index is 508. The molecule has 0 aliphatic carbocycles. The molecule has 0 saturated carbocycles. The van der Waals surface area contributed by atoms with E-state index >= 15 is 0 Å². The number of hydrogen-bond acceptors (Lipinski definition) is 4. The quantitative estimate of drug-likeness (QED) is 0.797. The first kappa shape index (κ1) is 17.4. The van der Waals surface area contributed by atoms with Crippen molar-refractivity contribution in [1.82, 2.24) is 9.88 Å². The predicted molar refractivity (Wildman–Crippen MR) is 70.7 cm³/mol. The van der Waals surface area contributed by atoms with E-state index in [1.807, 2.05) is 0 Å². The van der Waals surface area contributed by atoms with E-state index in [9.17, 15) is 22.8 Å². The fourth-order valence-electron chi connectivity index (χ4n) is 1.45. The van der Waals surface area contributed by atoms with Crippen molar-refractivity contribution in [2.24, 2.45) is 0 Å². The fourth-order valence-corrected chi connectivity index (χ4v) is 1.68. The number of carbonyl (C=O) groups is 2. The molecule has 1 amide bonds. The molecule has 0 spiro atoms. The first-order chi connectivity index (χ1) is 9.65. The molecule has 0 unspecified atom stereocenters. The fraction of sp³-hybridized carbons (Fsp3) is 0.364. The van der Waals surface area contributed by atoms with Gasteiger partial charge in [-0.3, -0.25) is 14.5 Å². The molecule has 0 atom stereocenters. The summed E-state index contributed by atoms with van der Waals surface area (Å²) in [6.45, 7) is -3.08. The zero-order valence-electron chi connectivity index (χ0n) is 10.5. The van der Waals surface area contributed by atoms with E-state index in [0.29, 0.717) is 9.37 Å². The van der Waals surface area contributed by atoms with Crippen LogP contribution in [0.1, 0.15) is 0 Å². The van der Waals surface area contributed by atoms with Gasteiger partial charge in [0.25, 0.3) is 0 Å². The standard InChI is InChI=1S/C11H11BrF3N3O3/c12-7-1-2-8(16-3-7)17-9(19)4-18(5-10(20)21)6-11(13,14)15/h1-3H,4-6H2,(H,20,21)(H,16,17,19). The van der Waals surface area contributed by atoms with Crippen LogP contribution in [0.4, 0.5) is 19.0 Å². The number of pyridine rings is 1. The summed E-state index contributed by atoms with van der Waals surface area (Å²) in [5.41, 5.74) is 0. The second kappa shape index (κ2) is 7.36. The van der Waals surface area contributed by atoms with E-state index in [1.54, 1.807) is 6.07 Å². The van der Waals surface area contributed by atoms with Crippen LogP contribution in [0.15, 0.2) is 22.8 Å². The number of alkyl halides is 3. The number of nitrogens with one attached hydrogen (secondary N) is 1. The molecule has 0 aliphatic heterocycles. The topological polar surface area (TPSA) is 82.5 Å². The van der Waals surface area contributed by atoms with Crippen LogP contribution in [0.2, 0.25) is 0 Å². The average molecular weight is 370 g/mol. The zero-order valence-corrected chi connectivity index (χ0v) is 12.1. The Labute approximate surface area is 126 Å². The van der Waals surface area contributed by atoms with Crippen molar-refractivity contribution in [3.8, 4) is 0 Å². The van der Waals surface area contributed by atoms with Gasteiger partial charge in [-0.2, -0.15) is 13.2 Å². The minimum Gasteiger partial charge on any atom is -0.480 e. The van der Waals surface area contributed by atoms with Crippen molar-refractivity contribution in [2.75, 3.05) is 25.0 Å². The lowest BCUT2D eigenvalue weighted by atomic mass is 10.4. The summed E-state index contributed by atoms with van der Waals surface area (Å²) in [7, 11) is 0. The maximum Gasteiger partial charge on any atom is 0.401 e. The third kappa shape index (κ3) is 7.61. The molecule has 10 heteroatoms. The van der Waals surface area contributed by atoms with Gasteiger partial charge in [-0.1, -0.05) is 0 Å². The molecule has 0 bridgehead atoms. The highest BCUT2D eigenvalue weighted by Gasteiger charge is 2.32. The van der Waals surface area contributed by atoms with E-state index in [-0.39, 0.29) is 5.82 Å². The molecule has 2 N–H and O–H groups in total. The molecular weight excluding hydrogens is 359 g/mol. The second-order valence-corrected chi connectivity index (χ2v) is 4.98. The molecular formula is C11H11BrF3N3O3. The summed E-state index contributed by atoms with van der Waals surface area (Å²) in [5, 5.41) is 10.8. The molecule has 1 heterocycles. The van der Waals surface area contributed by atoms with Gasteiger partial charge in [0.2, 0.25) is 5.91 Å². The summed E-state index contributed by atoms with van der Waals surface area (Å²) in [6.07, 6.45) is -3.19. The number of carboxylic acids is 1. The minimum absolute atomic E-state index is 0.158. The van der Waals surface area contributed by atoms with E-state index < -0.39 is 37.7 Å². The summed E-state index contributed by atoms with van der Waals surface area (Å²) in [6, 6.07) is 3.04. The highest BCUT2D eigenvalue weighted by atomic mass is 79.9. The number of nitrogens with zero attached hydrogens (tertiary/aromatic N) is 2. The van der Waals surface area contributed by atoms with Crippen LogP contribution in [-0.4, -0.2) is 52.7 Å². The molecule has 6 nitrogen and oxygen atoms in total. The number of amides is 1. The highest BCUT2D eigenvalue weighted by Crippen LogP contribution is 2.16. The Morgan fingerprint density at radius 1 is 1.33 bits per heavy atom. The maximum atomic E-state index is 12.3. The van der Waals surface area contributed by atoms with E-state index in [4.69, 9.17) is 5.11 Å². The van der Waals surface area contributed by atoms with Crippen LogP contribution in [0.3, 0.4) is 0 Å². The lowest BCUT2D eigenvalue weighted by molar-refractivity contribution is -0.154. The monoisotopic (exact) mass is 369 g/mol. The smallest absolute Gasteiger partial charge is 0.401 e. The van der Waals surface area contributed by atoms with E-state index in [2.05, 4.69) is 26.2 Å². The Balaban J connectivity index is 2.62. The predicted octanol–water partition coefficient (Wildman–Crippen LogP) is 1.73. The summed E-state index contributed by atoms with van der Waals surface area (Å²) < 4.78 is 37.6. The largest absolute Gasteiger partial charge is 0.480 e. The van der Waals surface area contributed by atoms with Crippen LogP contribution in [-0.2, 0) is 9.59 Å². The molecule has 0 fully saturated rings. The van der Waals surface area contributed by atoms with Crippen LogP contribution >= 0.6 is 15.9 Å². The molecule has 1 aromatic heterocycles. The SMILES string of the molecule is O=C(O)CN(CC(=O)Nc1ccc(Br)cn1)CC(F)(F)F. The highest BCUT2D eigenvalue weighted by molar-refractivity contribution is 9.10. The number of carbonyl (C=O) groups excluding carboxylic acids is 1. The van der Waals surface area contributed by atoms with E-state index in [1.165, 1.54) is 12.3 Å². The van der Waals surface area contributed by atoms with E-state index in [0.717, 1.165) is 0 Å². The van der Waals surface area contributed by atoms with Gasteiger partial charge in [0.15, 0.2) is 0 Å². The average Bonchev–Trinajstić information content (AvgIpc) is 2.28. The zero-order chi connectivity index (χ0) is 16.0. The number of aromatic nitrogens is 1. The number of aliphatic carboxylic acids is 1. The third-order valence-electron chi connectivity index (χ3n) is 2.12. The van der Waals surface area contributed by atoms with Crippen LogP contribution in [0, 0.1) is 0 Å². The van der Waals surface area contributed by atoms with Crippen molar-refractivity contribution in [2.45, 2.75) is 6.18 Å². The molecule has 1 aromatic rings. The molecule has 0 saturated heterocycles. The van der Waals surface area contributed by atoms with Crippen molar-refractivity contribution in [1.29, 1.82) is 0 Å². The van der Waals surface area contributed by atoms with Gasteiger partial charge < -0.3 is 10.4 Å². The van der Waals surface area contributed by atoms with Gasteiger partial charge >= 0.3 is 12.1 Å². The van der Waals surface area contributed by atoms with Crippen LogP contribution in [0.25, 0.3) is 0 Å². The Kier molecular flexibility index (Phi) is 6.09. The summed E-state index contributed by atoms with van der Waals surface area (Å²) in [4.78, 5) is 26.4. The number of halogens is 4. The first-order valence-corrected chi connectivity index (χ1v) is 6.37. The Morgan fingerprint density at radius 2 is 2.00 bits per heavy atom. The van der Waals surface area contributed by atoms with Gasteiger partial charge in [0, 0.05) is 10.7 Å². The number of carboxylic acid groups (broad SMARTS) is 1. The van der Waals surface area contributed by atoms with Crippen molar-refractivity contribution >= 4 is 33.6 Å². The number of rotatable bonds is 6. The van der Waals surface area contributed by atoms with Crippen molar-refractivity contribution < 1.29 is 27.9 Å². The molecule has 116 valence electrons. The Morgan fingerprint density at radius 3 is 2.48 bits per heavy atom. The molecule has 0 aromatic carbocycles. The summed E-state index contributed by atoms with van der Waals surface area (Å²) in [5.74, 6) is -2.07. The van der Waals surface area contributed by atoms with Gasteiger partial charge in [-0.25, -0.2) is 4.98 Å². The lowest BCUT2D eigenvalue weighted by Gasteiger charge is -2.20. The maximum absolute atomic E-state index is 12.3. The van der Waals surface area contributed by atoms with Gasteiger partial charge in [-0.15, -0.1) is 0 Å². The molecule has 1 rings (SSSR count). The lowest BCUT2D eigenvalue weighted by Crippen LogP contribution is -2.42. The molecule has 0 radical (unpaired) electrons. The third-order valence-corrected chi connectivity index (χ3v) is 2.59. The molecule has 21 heavy (non-hydrogen) atoms. The van der Waals surface area contributed by atoms with Crippen molar-refractivity contribution in [3.05, 3.63) is 22.8 Å². The normalized spacial score (nSPS) is 11.5. The van der Waals surface area contributed by atoms with Gasteiger partial charge in [-0.05, 0) is 28.1 Å². The first-order valence-electron chi connectivity index (χ1n) is 5.58. The van der Waals surface area contributed by atoms with Crippen LogP contribution < -0.4 is 5.32 Å². The molecule has 0 aliphatic rings. The van der Waals surface area contributed by atoms with Crippen molar-refractivity contribution in [3.63, 3.8) is 0 Å². The second-order valence-electron chi connectivity index (χ2n) is 4.06. The van der Waals surface area contributed by atoms with Gasteiger partial charge in [0.05, 0.1) is 19.6 Å². The minimum atomic E-state index is -4.59.